The van der Waals surface area contributed by atoms with Gasteiger partial charge in [-0.1, -0.05) is 25.0 Å². The van der Waals surface area contributed by atoms with Crippen LogP contribution in [0.1, 0.15) is 25.7 Å². The minimum Gasteiger partial charge on any atom is -0.506 e. The number of nitro benzene ring substituents is 1. The van der Waals surface area contributed by atoms with E-state index in [1.54, 1.807) is 24.3 Å². The van der Waals surface area contributed by atoms with E-state index in [4.69, 9.17) is 4.63 Å². The molecule has 2 N–H and O–H groups in total. The first kappa shape index (κ1) is 17.1. The number of nitrogens with one attached hydrogen (secondary N) is 1. The zero-order valence-corrected chi connectivity index (χ0v) is 14.6. The first-order valence-electron chi connectivity index (χ1n) is 8.89. The first-order chi connectivity index (χ1) is 13.1. The largest absolute Gasteiger partial charge is 0.506 e. The van der Waals surface area contributed by atoms with Gasteiger partial charge in [0.25, 0.3) is 0 Å². The molecule has 0 radical (unpaired) electrons. The lowest BCUT2D eigenvalue weighted by Crippen LogP contribution is -2.24. The molecule has 0 spiro atoms. The number of benzene rings is 2. The number of rotatable bonds is 4. The van der Waals surface area contributed by atoms with Crippen molar-refractivity contribution in [3.8, 4) is 5.75 Å². The highest BCUT2D eigenvalue weighted by atomic mass is 16.6. The molecular weight excluding hydrogens is 350 g/mol. The molecular formula is C18H19N5O4. The maximum atomic E-state index is 11.7. The van der Waals surface area contributed by atoms with Gasteiger partial charge in [-0.2, -0.15) is 0 Å². The average molecular weight is 369 g/mol. The van der Waals surface area contributed by atoms with Crippen LogP contribution in [0.5, 0.6) is 5.75 Å². The number of para-hydroxylation sites is 2. The molecule has 4 rings (SSSR count). The van der Waals surface area contributed by atoms with E-state index in [1.807, 2.05) is 0 Å². The van der Waals surface area contributed by atoms with E-state index in [9.17, 15) is 15.2 Å². The van der Waals surface area contributed by atoms with Crippen LogP contribution in [0.25, 0.3) is 11.0 Å². The summed E-state index contributed by atoms with van der Waals surface area (Å²) in [4.78, 5) is 13.4. The number of hydrogen-bond acceptors (Lipinski definition) is 8. The molecule has 0 saturated carbocycles. The monoisotopic (exact) mass is 369 g/mol. The molecule has 9 nitrogen and oxygen atoms in total. The van der Waals surface area contributed by atoms with Gasteiger partial charge in [0.2, 0.25) is 5.52 Å². The quantitative estimate of drug-likeness (QED) is 0.403. The molecule has 140 valence electrons. The number of phenolic OH excluding ortho intramolecular Hbond substituents is 1. The molecule has 9 heteroatoms. The maximum absolute atomic E-state index is 11.7. The number of phenols is 1. The van der Waals surface area contributed by atoms with Gasteiger partial charge in [-0.3, -0.25) is 10.1 Å². The van der Waals surface area contributed by atoms with E-state index in [1.165, 1.54) is 6.07 Å². The molecule has 0 amide bonds. The number of nitrogens with zero attached hydrogens (tertiary/aromatic N) is 4. The summed E-state index contributed by atoms with van der Waals surface area (Å²) >= 11 is 0. The lowest BCUT2D eigenvalue weighted by Gasteiger charge is -2.23. The van der Waals surface area contributed by atoms with Crippen molar-refractivity contribution in [2.45, 2.75) is 25.7 Å². The number of anilines is 3. The van der Waals surface area contributed by atoms with Crippen LogP contribution < -0.4 is 10.2 Å². The Labute approximate surface area is 154 Å². The van der Waals surface area contributed by atoms with E-state index >= 15 is 0 Å². The van der Waals surface area contributed by atoms with Crippen molar-refractivity contribution < 1.29 is 14.7 Å². The Morgan fingerprint density at radius 2 is 1.78 bits per heavy atom. The molecule has 0 bridgehead atoms. The lowest BCUT2D eigenvalue weighted by molar-refractivity contribution is -0.382. The maximum Gasteiger partial charge on any atom is 0.324 e. The van der Waals surface area contributed by atoms with Gasteiger partial charge in [-0.25, -0.2) is 4.63 Å². The summed E-state index contributed by atoms with van der Waals surface area (Å²) in [6.45, 7) is 1.69. The summed E-state index contributed by atoms with van der Waals surface area (Å²) in [6.07, 6.45) is 4.41. The second kappa shape index (κ2) is 7.10. The molecule has 0 aliphatic carbocycles. The predicted molar refractivity (Wildman–Crippen MR) is 101 cm³/mol. The summed E-state index contributed by atoms with van der Waals surface area (Å²) < 4.78 is 4.84. The van der Waals surface area contributed by atoms with Crippen LogP contribution in [0, 0.1) is 10.1 Å². The number of fused-ring (bicyclic) bond motifs is 1. The minimum absolute atomic E-state index is 0.00138. The van der Waals surface area contributed by atoms with Gasteiger partial charge in [0.05, 0.1) is 16.3 Å². The highest BCUT2D eigenvalue weighted by molar-refractivity contribution is 6.00. The fourth-order valence-corrected chi connectivity index (χ4v) is 3.47. The predicted octanol–water partition coefficient (Wildman–Crippen LogP) is 3.96. The van der Waals surface area contributed by atoms with E-state index in [2.05, 4.69) is 20.5 Å². The molecule has 1 fully saturated rings. The SMILES string of the molecule is O=[N+]([O-])c1c(Nc2ccccc2O)cc(N2CCCCCC2)c2nonc12. The van der Waals surface area contributed by atoms with Crippen LogP contribution in [0.2, 0.25) is 0 Å². The molecule has 2 aromatic carbocycles. The molecule has 0 atom stereocenters. The van der Waals surface area contributed by atoms with Gasteiger partial charge in [0.1, 0.15) is 11.4 Å². The minimum atomic E-state index is -0.513. The summed E-state index contributed by atoms with van der Waals surface area (Å²) in [5, 5.41) is 32.5. The summed E-state index contributed by atoms with van der Waals surface area (Å²) in [7, 11) is 0. The third-order valence-corrected chi connectivity index (χ3v) is 4.79. The summed E-state index contributed by atoms with van der Waals surface area (Å²) in [5.74, 6) is 0.00138. The zero-order valence-electron chi connectivity index (χ0n) is 14.6. The van der Waals surface area contributed by atoms with Gasteiger partial charge in [-0.15, -0.1) is 0 Å². The highest BCUT2D eigenvalue weighted by Crippen LogP contribution is 2.41. The van der Waals surface area contributed by atoms with Gasteiger partial charge < -0.3 is 15.3 Å². The molecule has 27 heavy (non-hydrogen) atoms. The van der Waals surface area contributed by atoms with Crippen LogP contribution in [-0.4, -0.2) is 33.4 Å². The highest BCUT2D eigenvalue weighted by Gasteiger charge is 2.28. The van der Waals surface area contributed by atoms with Crippen molar-refractivity contribution in [2.75, 3.05) is 23.3 Å². The van der Waals surface area contributed by atoms with Gasteiger partial charge in [-0.05, 0) is 41.4 Å². The van der Waals surface area contributed by atoms with Gasteiger partial charge >= 0.3 is 5.69 Å². The first-order valence-corrected chi connectivity index (χ1v) is 8.89. The number of hydrogen-bond donors (Lipinski definition) is 2. The van der Waals surface area contributed by atoms with Crippen molar-refractivity contribution in [1.29, 1.82) is 0 Å². The molecule has 0 unspecified atom stereocenters. The molecule has 1 aromatic heterocycles. The van der Waals surface area contributed by atoms with E-state index in [0.29, 0.717) is 11.2 Å². The standard InChI is InChI=1S/C18H19N5O4/c24-15-8-4-3-7-12(15)19-13-11-14(22-9-5-1-2-6-10-22)16-17(21-27-20-16)18(13)23(25)26/h3-4,7-8,11,19,24H,1-2,5-6,9-10H2. The normalized spacial score (nSPS) is 14.9. The molecule has 3 aromatic rings. The Morgan fingerprint density at radius 3 is 2.48 bits per heavy atom. The topological polar surface area (TPSA) is 118 Å². The van der Waals surface area contributed by atoms with E-state index in [0.717, 1.165) is 44.5 Å². The second-order valence-electron chi connectivity index (χ2n) is 6.55. The van der Waals surface area contributed by atoms with Crippen molar-refractivity contribution >= 4 is 33.8 Å². The van der Waals surface area contributed by atoms with Gasteiger partial charge in [0.15, 0.2) is 5.52 Å². The van der Waals surface area contributed by atoms with Crippen molar-refractivity contribution in [3.63, 3.8) is 0 Å². The van der Waals surface area contributed by atoms with E-state index in [-0.39, 0.29) is 22.6 Å². The summed E-state index contributed by atoms with van der Waals surface area (Å²) in [5.41, 5.74) is 1.61. The van der Waals surface area contributed by atoms with Crippen LogP contribution in [0.15, 0.2) is 35.0 Å². The molecule has 1 aliphatic rings. The molecule has 1 saturated heterocycles. The third kappa shape index (κ3) is 3.23. The number of aromatic nitrogens is 2. The Bertz CT molecular complexity index is 979. The second-order valence-corrected chi connectivity index (χ2v) is 6.55. The molecule has 2 heterocycles. The average Bonchev–Trinajstić information content (AvgIpc) is 2.97. The number of nitro groups is 1. The molecule has 1 aliphatic heterocycles. The van der Waals surface area contributed by atoms with Gasteiger partial charge in [0, 0.05) is 13.1 Å². The Kier molecular flexibility index (Phi) is 4.49. The number of aromatic hydroxyl groups is 1. The van der Waals surface area contributed by atoms with Crippen molar-refractivity contribution in [3.05, 3.63) is 40.4 Å². The fourth-order valence-electron chi connectivity index (χ4n) is 3.47. The van der Waals surface area contributed by atoms with Crippen LogP contribution >= 0.6 is 0 Å². The third-order valence-electron chi connectivity index (χ3n) is 4.79. The smallest absolute Gasteiger partial charge is 0.324 e. The van der Waals surface area contributed by atoms with Crippen LogP contribution in [0.4, 0.5) is 22.7 Å². The Balaban J connectivity index is 1.87. The van der Waals surface area contributed by atoms with Crippen LogP contribution in [0.3, 0.4) is 0 Å². The fraction of sp³-hybridized carbons (Fsp3) is 0.333. The zero-order chi connectivity index (χ0) is 18.8. The van der Waals surface area contributed by atoms with Crippen molar-refractivity contribution in [2.24, 2.45) is 0 Å². The van der Waals surface area contributed by atoms with Crippen molar-refractivity contribution in [1.82, 2.24) is 10.3 Å². The summed E-state index contributed by atoms with van der Waals surface area (Å²) in [6, 6.07) is 8.28. The van der Waals surface area contributed by atoms with Crippen LogP contribution in [-0.2, 0) is 0 Å². The lowest BCUT2D eigenvalue weighted by atomic mass is 10.1. The van der Waals surface area contributed by atoms with E-state index < -0.39 is 4.92 Å². The Hall–Kier alpha value is -3.36. The Morgan fingerprint density at radius 1 is 1.07 bits per heavy atom.